The number of rotatable bonds is 0. The second kappa shape index (κ2) is 10.6. The third-order valence-electron chi connectivity index (χ3n) is 4.58. The molecule has 0 saturated heterocycles. The van der Waals surface area contributed by atoms with E-state index in [1.165, 1.54) is 83.5 Å². The monoisotopic (exact) mass is 250 g/mol. The van der Waals surface area contributed by atoms with Crippen molar-refractivity contribution in [2.75, 3.05) is 0 Å². The highest BCUT2D eigenvalue weighted by Gasteiger charge is 2.04. The quantitative estimate of drug-likeness (QED) is 0.422. The smallest absolute Gasteiger partial charge is 0.0234 e. The Morgan fingerprint density at radius 3 is 1.72 bits per heavy atom. The topological polar surface area (TPSA) is 0 Å². The SMILES string of the molecule is C/C1=C/CCCCCCCCCCCCCC1C. The Hall–Kier alpha value is -0.260. The summed E-state index contributed by atoms with van der Waals surface area (Å²) in [6.45, 7) is 4.75. The molecule has 1 unspecified atom stereocenters. The van der Waals surface area contributed by atoms with Gasteiger partial charge >= 0.3 is 0 Å². The van der Waals surface area contributed by atoms with E-state index in [4.69, 9.17) is 0 Å². The Kier molecular flexibility index (Phi) is 9.34. The molecule has 0 aromatic rings. The summed E-state index contributed by atoms with van der Waals surface area (Å²) in [6.07, 6.45) is 21.3. The standard InChI is InChI=1S/C18H34/c1-17-15-13-11-9-7-5-3-4-6-8-10-12-14-16-18(17)2/h15,18H,3-14,16H2,1-2H3/b17-15-. The summed E-state index contributed by atoms with van der Waals surface area (Å²) in [5.41, 5.74) is 1.64. The molecule has 1 aliphatic rings. The Bertz CT molecular complexity index is 214. The van der Waals surface area contributed by atoms with Gasteiger partial charge < -0.3 is 0 Å². The zero-order valence-corrected chi connectivity index (χ0v) is 12.8. The van der Waals surface area contributed by atoms with Crippen molar-refractivity contribution < 1.29 is 0 Å². The van der Waals surface area contributed by atoms with Crippen LogP contribution in [0.3, 0.4) is 0 Å². The summed E-state index contributed by atoms with van der Waals surface area (Å²) >= 11 is 0. The molecule has 0 N–H and O–H groups in total. The fourth-order valence-electron chi connectivity index (χ4n) is 2.94. The van der Waals surface area contributed by atoms with Crippen molar-refractivity contribution >= 4 is 0 Å². The zero-order valence-electron chi connectivity index (χ0n) is 12.8. The lowest BCUT2D eigenvalue weighted by Crippen LogP contribution is -1.97. The molecule has 0 aromatic carbocycles. The molecular formula is C18H34. The van der Waals surface area contributed by atoms with E-state index in [0.717, 1.165) is 5.92 Å². The van der Waals surface area contributed by atoms with Gasteiger partial charge in [-0.05, 0) is 32.1 Å². The van der Waals surface area contributed by atoms with Gasteiger partial charge in [0.05, 0.1) is 0 Å². The van der Waals surface area contributed by atoms with Crippen molar-refractivity contribution in [3.05, 3.63) is 11.6 Å². The molecule has 0 radical (unpaired) electrons. The highest BCUT2D eigenvalue weighted by atomic mass is 14.1. The van der Waals surface area contributed by atoms with Crippen LogP contribution in [0.2, 0.25) is 0 Å². The summed E-state index contributed by atoms with van der Waals surface area (Å²) in [6, 6.07) is 0. The van der Waals surface area contributed by atoms with E-state index >= 15 is 0 Å². The van der Waals surface area contributed by atoms with Crippen LogP contribution in [0.4, 0.5) is 0 Å². The van der Waals surface area contributed by atoms with Crippen LogP contribution in [0, 0.1) is 5.92 Å². The van der Waals surface area contributed by atoms with Crippen molar-refractivity contribution in [3.63, 3.8) is 0 Å². The molecule has 1 aliphatic carbocycles. The van der Waals surface area contributed by atoms with E-state index in [1.807, 2.05) is 0 Å². The lowest BCUT2D eigenvalue weighted by atomic mass is 9.94. The van der Waals surface area contributed by atoms with Crippen LogP contribution in [0.25, 0.3) is 0 Å². The largest absolute Gasteiger partial charge is 0.0853 e. The lowest BCUT2D eigenvalue weighted by Gasteiger charge is -2.12. The maximum absolute atomic E-state index is 2.51. The summed E-state index contributed by atoms with van der Waals surface area (Å²) in [4.78, 5) is 0. The first-order chi connectivity index (χ1) is 8.80. The van der Waals surface area contributed by atoms with Gasteiger partial charge in [0.2, 0.25) is 0 Å². The van der Waals surface area contributed by atoms with Crippen LogP contribution < -0.4 is 0 Å². The molecule has 0 bridgehead atoms. The molecule has 0 fully saturated rings. The Morgan fingerprint density at radius 1 is 0.722 bits per heavy atom. The molecule has 0 saturated carbocycles. The summed E-state index contributed by atoms with van der Waals surface area (Å²) in [7, 11) is 0. The van der Waals surface area contributed by atoms with Gasteiger partial charge in [0.1, 0.15) is 0 Å². The number of allylic oxidation sites excluding steroid dienone is 2. The van der Waals surface area contributed by atoms with Crippen molar-refractivity contribution in [2.45, 2.75) is 97.3 Å². The van der Waals surface area contributed by atoms with Crippen molar-refractivity contribution in [3.8, 4) is 0 Å². The van der Waals surface area contributed by atoms with Crippen LogP contribution in [-0.2, 0) is 0 Å². The number of hydrogen-bond donors (Lipinski definition) is 0. The van der Waals surface area contributed by atoms with E-state index in [-0.39, 0.29) is 0 Å². The molecule has 106 valence electrons. The Balaban J connectivity index is 2.29. The van der Waals surface area contributed by atoms with Gasteiger partial charge in [0, 0.05) is 0 Å². The maximum Gasteiger partial charge on any atom is -0.0234 e. The summed E-state index contributed by atoms with van der Waals surface area (Å²) in [5, 5.41) is 0. The van der Waals surface area contributed by atoms with Crippen LogP contribution in [-0.4, -0.2) is 0 Å². The molecule has 0 heterocycles. The van der Waals surface area contributed by atoms with Crippen molar-refractivity contribution in [1.82, 2.24) is 0 Å². The molecule has 0 heteroatoms. The molecule has 1 atom stereocenters. The van der Waals surface area contributed by atoms with Crippen LogP contribution in [0.15, 0.2) is 11.6 Å². The van der Waals surface area contributed by atoms with Gasteiger partial charge in [-0.15, -0.1) is 0 Å². The minimum absolute atomic E-state index is 0.818. The highest BCUT2D eigenvalue weighted by molar-refractivity contribution is 5.01. The molecule has 1 rings (SSSR count). The van der Waals surface area contributed by atoms with Crippen LogP contribution in [0.5, 0.6) is 0 Å². The Labute approximate surface area is 115 Å². The third kappa shape index (κ3) is 7.95. The molecule has 0 spiro atoms. The van der Waals surface area contributed by atoms with Gasteiger partial charge in [0.25, 0.3) is 0 Å². The van der Waals surface area contributed by atoms with E-state index in [2.05, 4.69) is 19.9 Å². The number of hydrogen-bond acceptors (Lipinski definition) is 0. The molecule has 0 aromatic heterocycles. The third-order valence-corrected chi connectivity index (χ3v) is 4.58. The predicted octanol–water partition coefficient (Wildman–Crippen LogP) is 6.65. The average molecular weight is 250 g/mol. The van der Waals surface area contributed by atoms with Gasteiger partial charge in [-0.25, -0.2) is 0 Å². The molecule has 18 heavy (non-hydrogen) atoms. The van der Waals surface area contributed by atoms with Crippen molar-refractivity contribution in [2.24, 2.45) is 5.92 Å². The first kappa shape index (κ1) is 15.8. The molecule has 0 amide bonds. The maximum atomic E-state index is 2.51. The van der Waals surface area contributed by atoms with E-state index in [9.17, 15) is 0 Å². The second-order valence-corrected chi connectivity index (χ2v) is 6.32. The fraction of sp³-hybridized carbons (Fsp3) is 0.889. The van der Waals surface area contributed by atoms with E-state index < -0.39 is 0 Å². The zero-order chi connectivity index (χ0) is 13.1. The first-order valence-corrected chi connectivity index (χ1v) is 8.47. The lowest BCUT2D eigenvalue weighted by molar-refractivity contribution is 0.509. The van der Waals surface area contributed by atoms with E-state index in [1.54, 1.807) is 5.57 Å². The highest BCUT2D eigenvalue weighted by Crippen LogP contribution is 2.20. The van der Waals surface area contributed by atoms with Gasteiger partial charge in [-0.3, -0.25) is 0 Å². The van der Waals surface area contributed by atoms with Crippen molar-refractivity contribution in [1.29, 1.82) is 0 Å². The molecular weight excluding hydrogens is 216 g/mol. The fourth-order valence-corrected chi connectivity index (χ4v) is 2.94. The first-order valence-electron chi connectivity index (χ1n) is 8.47. The summed E-state index contributed by atoms with van der Waals surface area (Å²) in [5.74, 6) is 0.818. The predicted molar refractivity (Wildman–Crippen MR) is 82.9 cm³/mol. The average Bonchev–Trinajstić information content (AvgIpc) is 2.37. The van der Waals surface area contributed by atoms with E-state index in [0.29, 0.717) is 0 Å². The van der Waals surface area contributed by atoms with Gasteiger partial charge in [-0.1, -0.05) is 82.8 Å². The second-order valence-electron chi connectivity index (χ2n) is 6.32. The van der Waals surface area contributed by atoms with Gasteiger partial charge in [0.15, 0.2) is 0 Å². The minimum Gasteiger partial charge on any atom is -0.0853 e. The molecule has 0 aliphatic heterocycles. The minimum atomic E-state index is 0.818. The van der Waals surface area contributed by atoms with Crippen LogP contribution in [0.1, 0.15) is 97.3 Å². The van der Waals surface area contributed by atoms with Gasteiger partial charge in [-0.2, -0.15) is 0 Å². The summed E-state index contributed by atoms with van der Waals surface area (Å²) < 4.78 is 0. The normalized spacial score (nSPS) is 29.4. The Morgan fingerprint density at radius 2 is 1.17 bits per heavy atom. The van der Waals surface area contributed by atoms with Crippen LogP contribution >= 0.6 is 0 Å². The molecule has 0 nitrogen and oxygen atoms in total.